The van der Waals surface area contributed by atoms with Gasteiger partial charge in [0, 0.05) is 18.7 Å². The van der Waals surface area contributed by atoms with Gasteiger partial charge < -0.3 is 10.6 Å². The van der Waals surface area contributed by atoms with Crippen molar-refractivity contribution in [3.63, 3.8) is 0 Å². The Bertz CT molecular complexity index is 1550. The minimum atomic E-state index is -0.612. The van der Waals surface area contributed by atoms with Gasteiger partial charge in [-0.15, -0.1) is 0 Å². The van der Waals surface area contributed by atoms with E-state index >= 15 is 0 Å². The molecule has 0 aliphatic heterocycles. The van der Waals surface area contributed by atoms with Crippen LogP contribution < -0.4 is 16.2 Å². The van der Waals surface area contributed by atoms with Gasteiger partial charge in [0.1, 0.15) is 22.5 Å². The van der Waals surface area contributed by atoms with Crippen LogP contribution in [0.5, 0.6) is 0 Å². The average Bonchev–Trinajstić information content (AvgIpc) is 3.67. The molecule has 1 aromatic carbocycles. The van der Waals surface area contributed by atoms with Crippen molar-refractivity contribution in [2.75, 3.05) is 5.32 Å². The molecule has 3 aromatic heterocycles. The Balaban J connectivity index is 1.59. The zero-order valence-corrected chi connectivity index (χ0v) is 20.1. The molecule has 0 unspecified atom stereocenters. The first-order valence-electron chi connectivity index (χ1n) is 11.3. The summed E-state index contributed by atoms with van der Waals surface area (Å²) in [5.74, 6) is -1.30. The van der Waals surface area contributed by atoms with Crippen molar-refractivity contribution in [2.45, 2.75) is 31.8 Å². The first-order chi connectivity index (χ1) is 17.2. The zero-order chi connectivity index (χ0) is 25.6. The molecule has 1 amide bonds. The summed E-state index contributed by atoms with van der Waals surface area (Å²) < 4.78 is 29.3. The predicted molar refractivity (Wildman–Crippen MR) is 132 cm³/mol. The molecule has 3 heterocycles. The van der Waals surface area contributed by atoms with Gasteiger partial charge in [-0.05, 0) is 56.2 Å². The first kappa shape index (κ1) is 23.8. The highest BCUT2D eigenvalue weighted by atomic mass is 35.5. The lowest BCUT2D eigenvalue weighted by Crippen LogP contribution is -2.27. The van der Waals surface area contributed by atoms with Crippen LogP contribution in [0.3, 0.4) is 0 Å². The number of carbonyl (C=O) groups is 1. The fourth-order valence-corrected chi connectivity index (χ4v) is 4.10. The van der Waals surface area contributed by atoms with E-state index in [2.05, 4.69) is 25.6 Å². The number of anilines is 1. The van der Waals surface area contributed by atoms with Gasteiger partial charge in [0.25, 0.3) is 11.5 Å². The molecule has 5 rings (SSSR count). The summed E-state index contributed by atoms with van der Waals surface area (Å²) in [6.45, 7) is 1.75. The van der Waals surface area contributed by atoms with Crippen molar-refractivity contribution in [2.24, 2.45) is 7.05 Å². The third kappa shape index (κ3) is 4.64. The Hall–Kier alpha value is -3.92. The van der Waals surface area contributed by atoms with E-state index in [1.807, 2.05) is 0 Å². The monoisotopic (exact) mass is 510 g/mol. The highest BCUT2D eigenvalue weighted by molar-refractivity contribution is 6.29. The SMILES string of the molecule is C[C@@H](Nc1ccc(Cl)nc1C(=O)NC1CC1)c1cc(F)cc2c(=O)n(C)c(-c3ccc(F)cn3)nc12. The molecule has 0 spiro atoms. The summed E-state index contributed by atoms with van der Waals surface area (Å²) in [7, 11) is 1.49. The van der Waals surface area contributed by atoms with Crippen molar-refractivity contribution in [1.29, 1.82) is 0 Å². The Kier molecular flexibility index (Phi) is 6.13. The van der Waals surface area contributed by atoms with Crippen LogP contribution >= 0.6 is 11.6 Å². The maximum atomic E-state index is 14.6. The maximum absolute atomic E-state index is 14.6. The molecule has 1 fully saturated rings. The van der Waals surface area contributed by atoms with Gasteiger partial charge in [-0.25, -0.2) is 23.7 Å². The minimum Gasteiger partial charge on any atom is -0.377 e. The second-order valence-electron chi connectivity index (χ2n) is 8.70. The van der Waals surface area contributed by atoms with Gasteiger partial charge in [-0.3, -0.25) is 14.2 Å². The van der Waals surface area contributed by atoms with Crippen LogP contribution in [0.15, 0.2) is 47.4 Å². The number of carbonyl (C=O) groups excluding carboxylic acids is 1. The van der Waals surface area contributed by atoms with E-state index < -0.39 is 23.2 Å². The van der Waals surface area contributed by atoms with Crippen LogP contribution in [0.2, 0.25) is 5.15 Å². The fraction of sp³-hybridized carbons (Fsp3) is 0.240. The van der Waals surface area contributed by atoms with E-state index in [-0.39, 0.29) is 45.2 Å². The van der Waals surface area contributed by atoms with Gasteiger partial charge in [0.15, 0.2) is 11.5 Å². The summed E-state index contributed by atoms with van der Waals surface area (Å²) in [5.41, 5.74) is 0.955. The van der Waals surface area contributed by atoms with E-state index in [4.69, 9.17) is 11.6 Å². The average molecular weight is 511 g/mol. The van der Waals surface area contributed by atoms with Crippen LogP contribution in [0.4, 0.5) is 14.5 Å². The lowest BCUT2D eigenvalue weighted by Gasteiger charge is -2.20. The zero-order valence-electron chi connectivity index (χ0n) is 19.3. The lowest BCUT2D eigenvalue weighted by molar-refractivity contribution is 0.0947. The Morgan fingerprint density at radius 3 is 2.61 bits per heavy atom. The lowest BCUT2D eigenvalue weighted by atomic mass is 10.0. The Morgan fingerprint density at radius 2 is 1.92 bits per heavy atom. The number of hydrogen-bond donors (Lipinski definition) is 2. The molecule has 8 nitrogen and oxygen atoms in total. The quantitative estimate of drug-likeness (QED) is 0.373. The van der Waals surface area contributed by atoms with Crippen molar-refractivity contribution in [3.05, 3.63) is 81.0 Å². The molecule has 1 aliphatic rings. The number of benzene rings is 1. The van der Waals surface area contributed by atoms with Crippen molar-refractivity contribution in [1.82, 2.24) is 24.8 Å². The normalized spacial score (nSPS) is 14.0. The maximum Gasteiger partial charge on any atom is 0.272 e. The molecule has 1 aliphatic carbocycles. The minimum absolute atomic E-state index is 0.0768. The standard InChI is InChI=1S/C25H21ClF2N6O2/c1-12(30-18-7-8-20(26)32-22(18)24(35)31-15-4-5-15)16-9-14(28)10-17-21(16)33-23(34(2)25(17)36)19-6-3-13(27)11-29-19/h3,6-12,15,30H,4-5H2,1-2H3,(H,31,35)/t12-/m1/s1. The second-order valence-corrected chi connectivity index (χ2v) is 9.08. The number of halogens is 3. The number of nitrogens with one attached hydrogen (secondary N) is 2. The fourth-order valence-electron chi connectivity index (χ4n) is 3.95. The molecular formula is C25H21ClF2N6O2. The second kappa shape index (κ2) is 9.27. The summed E-state index contributed by atoms with van der Waals surface area (Å²) >= 11 is 6.04. The molecule has 2 N–H and O–H groups in total. The molecule has 0 bridgehead atoms. The molecule has 0 radical (unpaired) electrons. The van der Waals surface area contributed by atoms with E-state index in [0.717, 1.165) is 25.1 Å². The molecule has 4 aromatic rings. The Morgan fingerprint density at radius 1 is 1.14 bits per heavy atom. The number of aromatic nitrogens is 4. The van der Waals surface area contributed by atoms with Gasteiger partial charge in [-0.2, -0.15) is 0 Å². The van der Waals surface area contributed by atoms with Crippen LogP contribution in [0.1, 0.15) is 41.9 Å². The van der Waals surface area contributed by atoms with E-state index in [0.29, 0.717) is 11.3 Å². The molecular weight excluding hydrogens is 490 g/mol. The first-order valence-corrected chi connectivity index (χ1v) is 11.6. The summed E-state index contributed by atoms with van der Waals surface area (Å²) in [5, 5.41) is 6.30. The van der Waals surface area contributed by atoms with Gasteiger partial charge in [-0.1, -0.05) is 11.6 Å². The molecule has 184 valence electrons. The van der Waals surface area contributed by atoms with Crippen molar-refractivity contribution in [3.8, 4) is 11.5 Å². The number of fused-ring (bicyclic) bond motifs is 1. The van der Waals surface area contributed by atoms with Crippen LogP contribution in [-0.2, 0) is 7.05 Å². The van der Waals surface area contributed by atoms with Gasteiger partial charge >= 0.3 is 0 Å². The number of rotatable bonds is 6. The van der Waals surface area contributed by atoms with E-state index in [1.165, 1.54) is 29.8 Å². The summed E-state index contributed by atoms with van der Waals surface area (Å²) in [4.78, 5) is 38.7. The number of amides is 1. The predicted octanol–water partition coefficient (Wildman–Crippen LogP) is 4.39. The third-order valence-electron chi connectivity index (χ3n) is 5.96. The molecule has 36 heavy (non-hydrogen) atoms. The van der Waals surface area contributed by atoms with Crippen molar-refractivity contribution >= 4 is 34.1 Å². The van der Waals surface area contributed by atoms with Gasteiger partial charge in [0.2, 0.25) is 0 Å². The smallest absolute Gasteiger partial charge is 0.272 e. The third-order valence-corrected chi connectivity index (χ3v) is 6.17. The Labute approximate surface area is 209 Å². The number of pyridine rings is 2. The summed E-state index contributed by atoms with van der Waals surface area (Å²) in [6.07, 6.45) is 2.85. The van der Waals surface area contributed by atoms with Crippen LogP contribution in [0, 0.1) is 11.6 Å². The number of hydrogen-bond acceptors (Lipinski definition) is 6. The molecule has 1 atom stereocenters. The summed E-state index contributed by atoms with van der Waals surface area (Å²) in [6, 6.07) is 7.73. The largest absolute Gasteiger partial charge is 0.377 e. The highest BCUT2D eigenvalue weighted by Gasteiger charge is 2.26. The van der Waals surface area contributed by atoms with E-state index in [9.17, 15) is 18.4 Å². The topological polar surface area (TPSA) is 102 Å². The molecule has 1 saturated carbocycles. The van der Waals surface area contributed by atoms with Gasteiger partial charge in [0.05, 0.1) is 28.8 Å². The van der Waals surface area contributed by atoms with Crippen molar-refractivity contribution < 1.29 is 13.6 Å². The van der Waals surface area contributed by atoms with Crippen LogP contribution in [0.25, 0.3) is 22.4 Å². The van der Waals surface area contributed by atoms with Crippen LogP contribution in [-0.4, -0.2) is 31.5 Å². The molecule has 0 saturated heterocycles. The molecule has 11 heteroatoms. The number of nitrogens with zero attached hydrogens (tertiary/aromatic N) is 4. The highest BCUT2D eigenvalue weighted by Crippen LogP contribution is 2.29. The van der Waals surface area contributed by atoms with E-state index in [1.54, 1.807) is 19.1 Å².